The topological polar surface area (TPSA) is 77.6 Å². The summed E-state index contributed by atoms with van der Waals surface area (Å²) >= 11 is 0. The monoisotopic (exact) mass is 357 g/mol. The minimum Gasteiger partial charge on any atom is -0.360 e. The fourth-order valence-electron chi connectivity index (χ4n) is 2.83. The van der Waals surface area contributed by atoms with E-state index in [1.807, 2.05) is 18.2 Å². The second kappa shape index (κ2) is 7.13. The summed E-state index contributed by atoms with van der Waals surface area (Å²) in [6, 6.07) is 15.3. The first-order valence-corrected chi connectivity index (χ1v) is 9.65. The number of sulfonamides is 1. The van der Waals surface area contributed by atoms with E-state index in [-0.39, 0.29) is 4.90 Å². The highest BCUT2D eigenvalue weighted by Gasteiger charge is 2.18. The Morgan fingerprint density at radius 3 is 2.44 bits per heavy atom. The first-order valence-electron chi connectivity index (χ1n) is 8.17. The van der Waals surface area contributed by atoms with Crippen LogP contribution in [-0.2, 0) is 10.0 Å². The van der Waals surface area contributed by atoms with Crippen molar-refractivity contribution in [1.29, 1.82) is 5.26 Å². The van der Waals surface area contributed by atoms with E-state index >= 15 is 0 Å². The van der Waals surface area contributed by atoms with E-state index in [1.54, 1.807) is 24.3 Å². The molecule has 25 heavy (non-hydrogen) atoms. The Bertz CT molecular complexity index is 880. The van der Waals surface area contributed by atoms with Crippen molar-refractivity contribution in [2.75, 3.05) is 42.8 Å². The Kier molecular flexibility index (Phi) is 4.93. The summed E-state index contributed by atoms with van der Waals surface area (Å²) in [5, 5.41) is 8.92. The molecular formula is C18H21N4O2S+. The number of likely N-dealkylation sites (N-methyl/N-ethyl adjacent to an activating group) is 1. The highest BCUT2D eigenvalue weighted by atomic mass is 32.2. The summed E-state index contributed by atoms with van der Waals surface area (Å²) in [7, 11) is -1.52. The average Bonchev–Trinajstić information content (AvgIpc) is 2.63. The van der Waals surface area contributed by atoms with Gasteiger partial charge in [0.15, 0.2) is 0 Å². The predicted octanol–water partition coefficient (Wildman–Crippen LogP) is 0.694. The van der Waals surface area contributed by atoms with Crippen LogP contribution in [0.3, 0.4) is 0 Å². The van der Waals surface area contributed by atoms with Gasteiger partial charge in [-0.2, -0.15) is 5.26 Å². The number of rotatable bonds is 4. The number of nitrogens with zero attached hydrogens (tertiary/aromatic N) is 2. The van der Waals surface area contributed by atoms with Gasteiger partial charge in [0.1, 0.15) is 0 Å². The Balaban J connectivity index is 1.73. The molecule has 1 aliphatic heterocycles. The van der Waals surface area contributed by atoms with Gasteiger partial charge in [-0.15, -0.1) is 0 Å². The predicted molar refractivity (Wildman–Crippen MR) is 97.2 cm³/mol. The van der Waals surface area contributed by atoms with Crippen LogP contribution >= 0.6 is 0 Å². The molecule has 0 unspecified atom stereocenters. The van der Waals surface area contributed by atoms with Gasteiger partial charge in [0.2, 0.25) is 0 Å². The summed E-state index contributed by atoms with van der Waals surface area (Å²) in [6.45, 7) is 4.20. The van der Waals surface area contributed by atoms with Crippen LogP contribution in [0.15, 0.2) is 53.4 Å². The second-order valence-corrected chi connectivity index (χ2v) is 7.92. The Hall–Kier alpha value is -2.56. The van der Waals surface area contributed by atoms with Gasteiger partial charge in [0, 0.05) is 11.4 Å². The van der Waals surface area contributed by atoms with Crippen molar-refractivity contribution in [3.63, 3.8) is 0 Å². The van der Waals surface area contributed by atoms with Gasteiger partial charge in [0.25, 0.3) is 10.0 Å². The molecule has 0 amide bonds. The number of nitriles is 1. The van der Waals surface area contributed by atoms with E-state index in [0.717, 1.165) is 31.9 Å². The molecule has 3 rings (SSSR count). The molecule has 1 heterocycles. The zero-order valence-electron chi connectivity index (χ0n) is 14.1. The number of nitrogens with one attached hydrogen (secondary N) is 2. The van der Waals surface area contributed by atoms with Crippen LogP contribution in [0.4, 0.5) is 11.4 Å². The Morgan fingerprint density at radius 1 is 1.12 bits per heavy atom. The largest absolute Gasteiger partial charge is 0.360 e. The third kappa shape index (κ3) is 4.10. The molecule has 0 spiro atoms. The van der Waals surface area contributed by atoms with Crippen LogP contribution in [0.25, 0.3) is 0 Å². The van der Waals surface area contributed by atoms with Gasteiger partial charge in [-0.05, 0) is 42.5 Å². The smallest absolute Gasteiger partial charge is 0.261 e. The standard InChI is InChI=1S/C18H20N4O2S/c1-21-9-11-22(12-10-21)17-7-5-16(6-8-17)20-25(23,24)18-4-2-3-15(13-18)14-19/h2-8,13,20H,9-12H2,1H3/p+1. The summed E-state index contributed by atoms with van der Waals surface area (Å²) in [5.74, 6) is 0. The molecule has 1 fully saturated rings. The van der Waals surface area contributed by atoms with E-state index in [2.05, 4.69) is 16.7 Å². The molecule has 6 nitrogen and oxygen atoms in total. The van der Waals surface area contributed by atoms with Crippen LogP contribution in [0.5, 0.6) is 0 Å². The summed E-state index contributed by atoms with van der Waals surface area (Å²) in [6.07, 6.45) is 0. The summed E-state index contributed by atoms with van der Waals surface area (Å²) < 4.78 is 27.5. The lowest BCUT2D eigenvalue weighted by atomic mass is 10.2. The van der Waals surface area contributed by atoms with Gasteiger partial charge in [-0.3, -0.25) is 4.72 Å². The highest BCUT2D eigenvalue weighted by molar-refractivity contribution is 7.92. The van der Waals surface area contributed by atoms with Gasteiger partial charge in [-0.1, -0.05) is 6.07 Å². The molecule has 130 valence electrons. The second-order valence-electron chi connectivity index (χ2n) is 6.24. The van der Waals surface area contributed by atoms with Crippen LogP contribution in [0.2, 0.25) is 0 Å². The van der Waals surface area contributed by atoms with E-state index in [1.165, 1.54) is 17.0 Å². The molecule has 0 atom stereocenters. The van der Waals surface area contributed by atoms with Crippen molar-refractivity contribution in [1.82, 2.24) is 0 Å². The van der Waals surface area contributed by atoms with E-state index in [4.69, 9.17) is 5.26 Å². The molecule has 1 saturated heterocycles. The maximum Gasteiger partial charge on any atom is 0.261 e. The van der Waals surface area contributed by atoms with E-state index in [0.29, 0.717) is 11.3 Å². The van der Waals surface area contributed by atoms with Crippen LogP contribution in [0, 0.1) is 11.3 Å². The number of benzene rings is 2. The van der Waals surface area contributed by atoms with Crippen molar-refractivity contribution < 1.29 is 13.3 Å². The molecule has 0 aromatic heterocycles. The molecule has 0 saturated carbocycles. The molecule has 0 radical (unpaired) electrons. The zero-order valence-corrected chi connectivity index (χ0v) is 14.9. The fourth-order valence-corrected chi connectivity index (χ4v) is 3.94. The lowest BCUT2D eigenvalue weighted by Crippen LogP contribution is -3.12. The summed E-state index contributed by atoms with van der Waals surface area (Å²) in [5.41, 5.74) is 1.92. The molecule has 7 heteroatoms. The number of hydrogen-bond donors (Lipinski definition) is 2. The SMILES string of the molecule is C[NH+]1CCN(c2ccc(NS(=O)(=O)c3cccc(C#N)c3)cc2)CC1. The third-order valence-corrected chi connectivity index (χ3v) is 5.75. The highest BCUT2D eigenvalue weighted by Crippen LogP contribution is 2.21. The number of quaternary nitrogens is 1. The van der Waals surface area contributed by atoms with Crippen molar-refractivity contribution in [2.45, 2.75) is 4.90 Å². The van der Waals surface area contributed by atoms with Gasteiger partial charge < -0.3 is 9.80 Å². The maximum absolute atomic E-state index is 12.5. The lowest BCUT2D eigenvalue weighted by Gasteiger charge is -2.31. The van der Waals surface area contributed by atoms with Crippen LogP contribution < -0.4 is 14.5 Å². The Morgan fingerprint density at radius 2 is 1.80 bits per heavy atom. The molecular weight excluding hydrogens is 336 g/mol. The first kappa shape index (κ1) is 17.3. The maximum atomic E-state index is 12.5. The molecule has 2 aromatic carbocycles. The minimum absolute atomic E-state index is 0.0812. The molecule has 0 aliphatic carbocycles. The van der Waals surface area contributed by atoms with Crippen LogP contribution in [0.1, 0.15) is 5.56 Å². The van der Waals surface area contributed by atoms with Gasteiger partial charge in [-0.25, -0.2) is 8.42 Å². The fraction of sp³-hybridized carbons (Fsp3) is 0.278. The number of piperazine rings is 1. The number of anilines is 2. The Labute approximate surface area is 148 Å². The van der Waals surface area contributed by atoms with Gasteiger partial charge >= 0.3 is 0 Å². The lowest BCUT2D eigenvalue weighted by molar-refractivity contribution is -0.880. The summed E-state index contributed by atoms with van der Waals surface area (Å²) in [4.78, 5) is 3.92. The zero-order chi connectivity index (χ0) is 17.9. The average molecular weight is 357 g/mol. The quantitative estimate of drug-likeness (QED) is 0.844. The van der Waals surface area contributed by atoms with Crippen molar-refractivity contribution in [2.24, 2.45) is 0 Å². The van der Waals surface area contributed by atoms with Crippen molar-refractivity contribution >= 4 is 21.4 Å². The van der Waals surface area contributed by atoms with E-state index < -0.39 is 10.0 Å². The van der Waals surface area contributed by atoms with Crippen molar-refractivity contribution in [3.05, 3.63) is 54.1 Å². The van der Waals surface area contributed by atoms with E-state index in [9.17, 15) is 8.42 Å². The normalized spacial score (nSPS) is 15.6. The molecule has 1 aliphatic rings. The third-order valence-electron chi connectivity index (χ3n) is 4.38. The first-order chi connectivity index (χ1) is 12.0. The van der Waals surface area contributed by atoms with Crippen molar-refractivity contribution in [3.8, 4) is 6.07 Å². The minimum atomic E-state index is -3.71. The molecule has 2 N–H and O–H groups in total. The molecule has 2 aromatic rings. The number of hydrogen-bond acceptors (Lipinski definition) is 4. The van der Waals surface area contributed by atoms with Gasteiger partial charge in [0.05, 0.1) is 49.8 Å². The molecule has 0 bridgehead atoms. The van der Waals surface area contributed by atoms with Crippen LogP contribution in [-0.4, -0.2) is 41.6 Å².